The third-order valence-corrected chi connectivity index (χ3v) is 6.33. The number of H-pyrrole nitrogens is 1. The monoisotopic (exact) mass is 507 g/mol. The Hall–Kier alpha value is -3.91. The van der Waals surface area contributed by atoms with Crippen LogP contribution in [0.1, 0.15) is 50.4 Å². The fraction of sp³-hybridized carbons (Fsp3) is 0.241. The lowest BCUT2D eigenvalue weighted by Gasteiger charge is -2.18. The molecule has 0 saturated heterocycles. The van der Waals surface area contributed by atoms with E-state index in [9.17, 15) is 22.8 Å². The average Bonchev–Trinajstić information content (AvgIpc) is 3.30. The Morgan fingerprint density at radius 1 is 0.973 bits per heavy atom. The minimum atomic E-state index is -4.54. The van der Waals surface area contributed by atoms with Crippen LogP contribution in [-0.4, -0.2) is 35.4 Å². The van der Waals surface area contributed by atoms with Crippen molar-refractivity contribution < 1.29 is 22.8 Å². The van der Waals surface area contributed by atoms with Crippen LogP contribution in [-0.2, 0) is 6.42 Å². The molecule has 3 N–H and O–H groups in total. The van der Waals surface area contributed by atoms with Crippen LogP contribution in [0.3, 0.4) is 0 Å². The first-order chi connectivity index (χ1) is 17.6. The molecule has 0 saturated carbocycles. The van der Waals surface area contributed by atoms with E-state index in [1.54, 1.807) is 12.3 Å². The van der Waals surface area contributed by atoms with Gasteiger partial charge in [0.25, 0.3) is 5.91 Å². The summed E-state index contributed by atoms with van der Waals surface area (Å²) in [4.78, 5) is 29.0. The number of hydrogen-bond acceptors (Lipinski definition) is 3. The third kappa shape index (κ3) is 6.27. The molecule has 3 aromatic carbocycles. The highest BCUT2D eigenvalue weighted by Crippen LogP contribution is 2.26. The van der Waals surface area contributed by atoms with Gasteiger partial charge in [-0.25, -0.2) is 0 Å². The quantitative estimate of drug-likeness (QED) is 0.247. The molecule has 8 heteroatoms. The Bertz CT molecular complexity index is 1380. The van der Waals surface area contributed by atoms with Crippen molar-refractivity contribution in [2.75, 3.05) is 6.54 Å². The summed E-state index contributed by atoms with van der Waals surface area (Å²) in [5.74, 6) is -0.988. The molecule has 0 aliphatic carbocycles. The van der Waals surface area contributed by atoms with Crippen LogP contribution in [0, 0.1) is 6.92 Å². The summed E-state index contributed by atoms with van der Waals surface area (Å²) < 4.78 is 38.5. The van der Waals surface area contributed by atoms with Crippen molar-refractivity contribution in [3.63, 3.8) is 0 Å². The lowest BCUT2D eigenvalue weighted by molar-refractivity contribution is -0.149. The zero-order chi connectivity index (χ0) is 26.6. The van der Waals surface area contributed by atoms with Gasteiger partial charge in [-0.2, -0.15) is 13.2 Å². The molecular weight excluding hydrogens is 479 g/mol. The number of aromatic nitrogens is 1. The second-order valence-electron chi connectivity index (χ2n) is 9.10. The van der Waals surface area contributed by atoms with E-state index in [0.717, 1.165) is 24.5 Å². The van der Waals surface area contributed by atoms with Gasteiger partial charge in [-0.1, -0.05) is 66.2 Å². The molecule has 0 unspecified atom stereocenters. The molecule has 4 rings (SSSR count). The maximum absolute atomic E-state index is 13.7. The number of nitrogens with one attached hydrogen (secondary N) is 3. The van der Waals surface area contributed by atoms with E-state index in [-0.39, 0.29) is 11.3 Å². The minimum absolute atomic E-state index is 0.0697. The van der Waals surface area contributed by atoms with Crippen molar-refractivity contribution in [3.8, 4) is 0 Å². The SMILES string of the molecule is Cc1ccc(CCN[C@H](C(=O)c2c[nH]c3cc(C(=O)N[C@@H](C)C(F)(F)F)ccc23)c2ccccc2)cc1. The predicted molar refractivity (Wildman–Crippen MR) is 138 cm³/mol. The standard InChI is InChI=1S/C29H28F3N3O2/c1-18-8-10-20(11-9-18)14-15-33-26(21-6-4-3-5-7-21)27(36)24-17-34-25-16-22(12-13-23(24)25)28(37)35-19(2)29(30,31)32/h3-13,16-17,19,26,33-34H,14-15H2,1-2H3,(H,35,37)/t19-,26-/m0/s1. The molecule has 0 spiro atoms. The van der Waals surface area contributed by atoms with Gasteiger partial charge >= 0.3 is 6.18 Å². The van der Waals surface area contributed by atoms with Gasteiger partial charge in [0.2, 0.25) is 0 Å². The number of Topliss-reactive ketones (excluding diaryl/α,β-unsaturated/α-hetero) is 1. The Labute approximate surface area is 213 Å². The molecule has 37 heavy (non-hydrogen) atoms. The first-order valence-corrected chi connectivity index (χ1v) is 12.0. The number of amides is 1. The lowest BCUT2D eigenvalue weighted by Crippen LogP contribution is -2.43. The van der Waals surface area contributed by atoms with E-state index < -0.39 is 24.2 Å². The number of aryl methyl sites for hydroxylation is 1. The smallest absolute Gasteiger partial charge is 0.360 e. The van der Waals surface area contributed by atoms with Gasteiger partial charge in [0, 0.05) is 34.8 Å². The molecule has 0 radical (unpaired) electrons. The van der Waals surface area contributed by atoms with Crippen molar-refractivity contribution in [3.05, 3.63) is 107 Å². The first kappa shape index (κ1) is 26.2. The molecule has 192 valence electrons. The van der Waals surface area contributed by atoms with Crippen molar-refractivity contribution >= 4 is 22.6 Å². The minimum Gasteiger partial charge on any atom is -0.360 e. The molecule has 0 aliphatic rings. The van der Waals surface area contributed by atoms with Crippen LogP contribution in [0.4, 0.5) is 13.2 Å². The number of carbonyl (C=O) groups excluding carboxylic acids is 2. The number of fused-ring (bicyclic) bond motifs is 1. The Kier molecular flexibility index (Phi) is 7.78. The summed E-state index contributed by atoms with van der Waals surface area (Å²) in [6, 6.07) is 19.5. The Morgan fingerprint density at radius 2 is 1.68 bits per heavy atom. The normalized spacial score (nSPS) is 13.3. The number of aromatic amines is 1. The summed E-state index contributed by atoms with van der Waals surface area (Å²) in [5, 5.41) is 5.93. The number of ketones is 1. The predicted octanol–water partition coefficient (Wildman–Crippen LogP) is 5.91. The number of alkyl halides is 3. The van der Waals surface area contributed by atoms with Gasteiger partial charge < -0.3 is 15.6 Å². The topological polar surface area (TPSA) is 74.0 Å². The van der Waals surface area contributed by atoms with E-state index in [0.29, 0.717) is 23.0 Å². The van der Waals surface area contributed by atoms with Crippen LogP contribution >= 0.6 is 0 Å². The Balaban J connectivity index is 1.54. The zero-order valence-corrected chi connectivity index (χ0v) is 20.5. The second kappa shape index (κ2) is 11.0. The van der Waals surface area contributed by atoms with Crippen molar-refractivity contribution in [1.29, 1.82) is 0 Å². The summed E-state index contributed by atoms with van der Waals surface area (Å²) in [7, 11) is 0. The summed E-state index contributed by atoms with van der Waals surface area (Å²) >= 11 is 0. The Morgan fingerprint density at radius 3 is 2.35 bits per heavy atom. The second-order valence-corrected chi connectivity index (χ2v) is 9.10. The number of hydrogen-bond donors (Lipinski definition) is 3. The van der Waals surface area contributed by atoms with Crippen molar-refractivity contribution in [2.45, 2.75) is 38.5 Å². The maximum Gasteiger partial charge on any atom is 0.408 e. The van der Waals surface area contributed by atoms with Gasteiger partial charge in [0.1, 0.15) is 6.04 Å². The number of benzene rings is 3. The highest BCUT2D eigenvalue weighted by atomic mass is 19.4. The molecule has 0 bridgehead atoms. The first-order valence-electron chi connectivity index (χ1n) is 12.0. The van der Waals surface area contributed by atoms with Crippen molar-refractivity contribution in [2.24, 2.45) is 0 Å². The molecular formula is C29H28F3N3O2. The van der Waals surface area contributed by atoms with E-state index >= 15 is 0 Å². The van der Waals surface area contributed by atoms with Gasteiger partial charge in [-0.15, -0.1) is 0 Å². The number of carbonyl (C=O) groups is 2. The molecule has 1 heterocycles. The fourth-order valence-corrected chi connectivity index (χ4v) is 4.11. The highest BCUT2D eigenvalue weighted by Gasteiger charge is 2.37. The molecule has 0 aliphatic heterocycles. The zero-order valence-electron chi connectivity index (χ0n) is 20.5. The fourth-order valence-electron chi connectivity index (χ4n) is 4.11. The summed E-state index contributed by atoms with van der Waals surface area (Å²) in [5.41, 5.74) is 4.16. The van der Waals surface area contributed by atoms with E-state index in [4.69, 9.17) is 0 Å². The molecule has 5 nitrogen and oxygen atoms in total. The summed E-state index contributed by atoms with van der Waals surface area (Å²) in [6.07, 6.45) is -2.21. The van der Waals surface area contributed by atoms with Crippen molar-refractivity contribution in [1.82, 2.24) is 15.6 Å². The molecule has 2 atom stereocenters. The third-order valence-electron chi connectivity index (χ3n) is 6.33. The molecule has 1 aromatic heterocycles. The van der Waals surface area contributed by atoms with Gasteiger partial charge in [-0.3, -0.25) is 9.59 Å². The van der Waals surface area contributed by atoms with Gasteiger partial charge in [0.05, 0.1) is 6.04 Å². The van der Waals surface area contributed by atoms with E-state index in [1.807, 2.05) is 42.6 Å². The van der Waals surface area contributed by atoms with Gasteiger partial charge in [0.15, 0.2) is 5.78 Å². The van der Waals surface area contributed by atoms with E-state index in [1.165, 1.54) is 17.7 Å². The number of halogens is 3. The van der Waals surface area contributed by atoms with Crippen LogP contribution in [0.15, 0.2) is 79.0 Å². The molecule has 0 fully saturated rings. The van der Waals surface area contributed by atoms with Gasteiger partial charge in [-0.05, 0) is 43.5 Å². The van der Waals surface area contributed by atoms with Crippen LogP contribution < -0.4 is 10.6 Å². The highest BCUT2D eigenvalue weighted by molar-refractivity contribution is 6.11. The largest absolute Gasteiger partial charge is 0.408 e. The lowest BCUT2D eigenvalue weighted by atomic mass is 9.96. The van der Waals surface area contributed by atoms with Crippen LogP contribution in [0.25, 0.3) is 10.9 Å². The molecule has 4 aromatic rings. The van der Waals surface area contributed by atoms with Crippen LogP contribution in [0.2, 0.25) is 0 Å². The average molecular weight is 508 g/mol. The summed E-state index contributed by atoms with van der Waals surface area (Å²) in [6.45, 7) is 3.50. The van der Waals surface area contributed by atoms with Crippen LogP contribution in [0.5, 0.6) is 0 Å². The maximum atomic E-state index is 13.7. The van der Waals surface area contributed by atoms with E-state index in [2.05, 4.69) is 34.6 Å². The number of rotatable bonds is 9. The molecule has 1 amide bonds.